The summed E-state index contributed by atoms with van der Waals surface area (Å²) in [6.45, 7) is 8.18. The van der Waals surface area contributed by atoms with E-state index in [2.05, 4.69) is 0 Å². The van der Waals surface area contributed by atoms with Gasteiger partial charge in [-0.15, -0.1) is 11.3 Å². The summed E-state index contributed by atoms with van der Waals surface area (Å²) in [5.74, 6) is -3.05. The van der Waals surface area contributed by atoms with Gasteiger partial charge in [-0.1, -0.05) is 49.7 Å². The van der Waals surface area contributed by atoms with E-state index in [0.717, 1.165) is 11.3 Å². The lowest BCUT2D eigenvalue weighted by molar-refractivity contribution is -0.384. The van der Waals surface area contributed by atoms with Crippen molar-refractivity contribution in [3.8, 4) is 16.2 Å². The van der Waals surface area contributed by atoms with E-state index in [1.807, 2.05) is 0 Å². The number of benzene rings is 2. The molecule has 2 aromatic carbocycles. The van der Waals surface area contributed by atoms with Gasteiger partial charge in [0.15, 0.2) is 17.2 Å². The fourth-order valence-corrected chi connectivity index (χ4v) is 8.33. The lowest BCUT2D eigenvalue weighted by Gasteiger charge is -2.39. The monoisotopic (exact) mass is 735 g/mol. The number of thiophene rings is 1. The van der Waals surface area contributed by atoms with Crippen molar-refractivity contribution in [3.05, 3.63) is 74.1 Å². The maximum absolute atomic E-state index is 13.7. The van der Waals surface area contributed by atoms with Crippen molar-refractivity contribution in [2.75, 3.05) is 24.6 Å². The Kier molecular flexibility index (Phi) is 11.7. The minimum atomic E-state index is -3.80. The first kappa shape index (κ1) is 37.8. The zero-order valence-electron chi connectivity index (χ0n) is 27.7. The fraction of sp³-hybridized carbons (Fsp3) is 0.424. The van der Waals surface area contributed by atoms with E-state index in [4.69, 9.17) is 21.1 Å². The molecule has 1 amide bonds. The predicted molar refractivity (Wildman–Crippen MR) is 186 cm³/mol. The highest BCUT2D eigenvalue weighted by Crippen LogP contribution is 2.47. The van der Waals surface area contributed by atoms with Crippen molar-refractivity contribution < 1.29 is 42.3 Å². The number of carboxylic acids is 1. The van der Waals surface area contributed by atoms with Gasteiger partial charge >= 0.3 is 11.9 Å². The summed E-state index contributed by atoms with van der Waals surface area (Å²) in [4.78, 5) is 50.7. The van der Waals surface area contributed by atoms with Gasteiger partial charge in [-0.2, -0.15) is 0 Å². The van der Waals surface area contributed by atoms with Crippen LogP contribution in [0, 0.1) is 16.0 Å². The summed E-state index contributed by atoms with van der Waals surface area (Å²) >= 11 is 7.68. The number of nitro benzene ring substituents is 1. The van der Waals surface area contributed by atoms with Gasteiger partial charge in [-0.25, -0.2) is 22.3 Å². The van der Waals surface area contributed by atoms with Crippen LogP contribution < -0.4 is 9.64 Å². The normalized spacial score (nSPS) is 14.4. The molecular weight excluding hydrogens is 698 g/mol. The summed E-state index contributed by atoms with van der Waals surface area (Å²) in [6.07, 6.45) is 0.680. The van der Waals surface area contributed by atoms with Crippen LogP contribution in [0.3, 0.4) is 0 Å². The number of piperidine rings is 1. The molecule has 13 nitrogen and oxygen atoms in total. The lowest BCUT2D eigenvalue weighted by atomic mass is 10.0. The number of ether oxygens (including phenoxy) is 2. The SMILES string of the molecule is CC(C)C(=O)N(c1cccc(-c2sc(C(=O)OC(C)(C)C)c(OCC(=O)O)c2Cl)c1)C1CCN(S(=O)(=O)Cc2cccc([N+](=O)[O-])c2)CC1. The van der Waals surface area contributed by atoms with Crippen molar-refractivity contribution in [2.24, 2.45) is 5.92 Å². The molecule has 1 aliphatic rings. The molecule has 0 aliphatic carbocycles. The van der Waals surface area contributed by atoms with E-state index < -0.39 is 39.1 Å². The molecule has 2 heterocycles. The Labute approximate surface area is 293 Å². The molecule has 1 saturated heterocycles. The lowest BCUT2D eigenvalue weighted by Crippen LogP contribution is -2.50. The molecule has 0 spiro atoms. The standard InChI is InChI=1S/C33H38ClN3O10S2/c1-20(2)31(40)36(23-12-14-35(15-13-23)49(44,45)19-21-8-6-11-25(16-21)37(42)43)24-10-7-9-22(17-24)29-27(34)28(46-18-26(38)39)30(48-29)32(41)47-33(3,4)5/h6-11,16-17,20,23H,12-15,18-19H2,1-5H3,(H,38,39). The first-order chi connectivity index (χ1) is 22.9. The number of hydrogen-bond acceptors (Lipinski definition) is 10. The van der Waals surface area contributed by atoms with E-state index in [-0.39, 0.29) is 58.0 Å². The summed E-state index contributed by atoms with van der Waals surface area (Å²) in [5, 5.41) is 20.4. The van der Waals surface area contributed by atoms with Crippen LogP contribution in [0.25, 0.3) is 10.4 Å². The second-order valence-electron chi connectivity index (χ2n) is 12.8. The largest absolute Gasteiger partial charge is 0.479 e. The van der Waals surface area contributed by atoms with E-state index >= 15 is 0 Å². The predicted octanol–water partition coefficient (Wildman–Crippen LogP) is 6.38. The van der Waals surface area contributed by atoms with Crippen LogP contribution >= 0.6 is 22.9 Å². The quantitative estimate of drug-likeness (QED) is 0.125. The van der Waals surface area contributed by atoms with E-state index in [1.54, 1.807) is 63.8 Å². The molecule has 1 fully saturated rings. The number of carboxylic acid groups (broad SMARTS) is 1. The molecule has 3 aromatic rings. The van der Waals surface area contributed by atoms with Crippen molar-refractivity contribution >= 4 is 62.2 Å². The Hall–Kier alpha value is -4.05. The Balaban J connectivity index is 1.62. The van der Waals surface area contributed by atoms with Gasteiger partial charge in [0, 0.05) is 42.9 Å². The van der Waals surface area contributed by atoms with Crippen LogP contribution in [0.15, 0.2) is 48.5 Å². The average Bonchev–Trinajstić information content (AvgIpc) is 3.35. The first-order valence-electron chi connectivity index (χ1n) is 15.4. The maximum atomic E-state index is 13.7. The van der Waals surface area contributed by atoms with Gasteiger partial charge in [0.25, 0.3) is 5.69 Å². The molecule has 1 aromatic heterocycles. The van der Waals surface area contributed by atoms with Crippen molar-refractivity contribution in [3.63, 3.8) is 0 Å². The smallest absolute Gasteiger partial charge is 0.352 e. The molecule has 0 bridgehead atoms. The molecule has 4 rings (SSSR count). The minimum Gasteiger partial charge on any atom is -0.479 e. The van der Waals surface area contributed by atoms with Crippen LogP contribution in [0.5, 0.6) is 5.75 Å². The molecule has 0 unspecified atom stereocenters. The maximum Gasteiger partial charge on any atom is 0.352 e. The highest BCUT2D eigenvalue weighted by molar-refractivity contribution is 7.88. The number of non-ortho nitro benzene ring substituents is 1. The number of nitrogens with zero attached hydrogens (tertiary/aromatic N) is 3. The second-order valence-corrected chi connectivity index (χ2v) is 16.2. The molecule has 0 saturated carbocycles. The van der Waals surface area contributed by atoms with Crippen LogP contribution in [0.2, 0.25) is 5.02 Å². The number of sulfonamides is 1. The molecule has 0 atom stereocenters. The first-order valence-corrected chi connectivity index (χ1v) is 18.2. The molecular formula is C33H38ClN3O10S2. The third kappa shape index (κ3) is 9.35. The van der Waals surface area contributed by atoms with Gasteiger partial charge in [0.05, 0.1) is 15.6 Å². The van der Waals surface area contributed by atoms with Gasteiger partial charge < -0.3 is 19.5 Å². The topological polar surface area (TPSA) is 174 Å². The number of aliphatic carboxylic acids is 1. The van der Waals surface area contributed by atoms with Crippen LogP contribution in [0.4, 0.5) is 11.4 Å². The highest BCUT2D eigenvalue weighted by atomic mass is 35.5. The molecule has 1 aliphatic heterocycles. The number of anilines is 1. The van der Waals surface area contributed by atoms with Gasteiger partial charge in [0.1, 0.15) is 10.6 Å². The average molecular weight is 736 g/mol. The van der Waals surface area contributed by atoms with Gasteiger partial charge in [-0.3, -0.25) is 14.9 Å². The fourth-order valence-electron chi connectivity index (χ4n) is 5.34. The van der Waals surface area contributed by atoms with Crippen LogP contribution in [-0.2, 0) is 30.1 Å². The minimum absolute atomic E-state index is 0.00428. The zero-order chi connectivity index (χ0) is 36.3. The van der Waals surface area contributed by atoms with Crippen molar-refractivity contribution in [2.45, 2.75) is 64.9 Å². The third-order valence-corrected chi connectivity index (χ3v) is 11.0. The molecule has 16 heteroatoms. The third-order valence-electron chi connectivity index (χ3n) is 7.50. The number of carbonyl (C=O) groups is 3. The summed E-state index contributed by atoms with van der Waals surface area (Å²) in [6, 6.07) is 12.1. The second kappa shape index (κ2) is 15.2. The number of carbonyl (C=O) groups excluding carboxylic acids is 2. The summed E-state index contributed by atoms with van der Waals surface area (Å²) < 4.78 is 38.9. The Morgan fingerprint density at radius 3 is 2.37 bits per heavy atom. The highest BCUT2D eigenvalue weighted by Gasteiger charge is 2.35. The van der Waals surface area contributed by atoms with E-state index in [9.17, 15) is 38.0 Å². The zero-order valence-corrected chi connectivity index (χ0v) is 30.1. The van der Waals surface area contributed by atoms with Gasteiger partial charge in [-0.05, 0) is 56.9 Å². The summed E-state index contributed by atoms with van der Waals surface area (Å²) in [7, 11) is -3.80. The van der Waals surface area contributed by atoms with Crippen molar-refractivity contribution in [1.29, 1.82) is 0 Å². The number of rotatable bonds is 12. The Bertz CT molecular complexity index is 1840. The van der Waals surface area contributed by atoms with E-state index in [0.29, 0.717) is 34.5 Å². The van der Waals surface area contributed by atoms with Gasteiger partial charge in [0.2, 0.25) is 15.9 Å². The molecule has 0 radical (unpaired) electrons. The number of amides is 1. The molecule has 264 valence electrons. The number of esters is 1. The molecule has 49 heavy (non-hydrogen) atoms. The Morgan fingerprint density at radius 2 is 1.78 bits per heavy atom. The van der Waals surface area contributed by atoms with Crippen molar-refractivity contribution in [1.82, 2.24) is 4.31 Å². The van der Waals surface area contributed by atoms with Crippen LogP contribution in [-0.4, -0.2) is 71.9 Å². The number of halogens is 1. The van der Waals surface area contributed by atoms with Crippen LogP contribution in [0.1, 0.15) is 62.7 Å². The molecule has 1 N–H and O–H groups in total. The summed E-state index contributed by atoms with van der Waals surface area (Å²) in [5.41, 5.74) is 0.354. The Morgan fingerprint density at radius 1 is 1.12 bits per heavy atom. The van der Waals surface area contributed by atoms with E-state index in [1.165, 1.54) is 28.6 Å². The number of hydrogen-bond donors (Lipinski definition) is 1. The number of nitro groups is 1.